The molecular formula is C17H17N3O2. The molecular weight excluding hydrogens is 278 g/mol. The van der Waals surface area contributed by atoms with Crippen molar-refractivity contribution in [2.24, 2.45) is 5.92 Å². The topological polar surface area (TPSA) is 69.3 Å². The highest BCUT2D eigenvalue weighted by Gasteiger charge is 2.33. The Labute approximate surface area is 128 Å². The number of hydrogen-bond acceptors (Lipinski definition) is 4. The van der Waals surface area contributed by atoms with Crippen LogP contribution in [-0.2, 0) is 0 Å². The van der Waals surface area contributed by atoms with Crippen LogP contribution in [0.5, 0.6) is 0 Å². The maximum absolute atomic E-state index is 12.4. The Morgan fingerprint density at radius 3 is 3.14 bits per heavy atom. The van der Waals surface area contributed by atoms with Crippen LogP contribution in [0.4, 0.5) is 0 Å². The van der Waals surface area contributed by atoms with Crippen LogP contribution in [0.25, 0.3) is 11.0 Å². The molecule has 112 valence electrons. The number of amides is 1. The number of nitrogens with zero attached hydrogens (tertiary/aromatic N) is 2. The van der Waals surface area contributed by atoms with Gasteiger partial charge in [0.2, 0.25) is 0 Å². The summed E-state index contributed by atoms with van der Waals surface area (Å²) in [5, 5.41) is 12.9. The molecule has 2 aromatic rings. The molecule has 2 saturated heterocycles. The zero-order chi connectivity index (χ0) is 15.1. The summed E-state index contributed by atoms with van der Waals surface area (Å²) in [4.78, 5) is 14.9. The third-order valence-electron chi connectivity index (χ3n) is 4.76. The third-order valence-corrected chi connectivity index (χ3v) is 4.76. The predicted molar refractivity (Wildman–Crippen MR) is 81.3 cm³/mol. The van der Waals surface area contributed by atoms with E-state index in [0.717, 1.165) is 30.8 Å². The van der Waals surface area contributed by atoms with Crippen molar-refractivity contribution in [3.05, 3.63) is 35.6 Å². The number of carbonyl (C=O) groups excluding carboxylic acids is 1. The molecule has 1 N–H and O–H groups in total. The molecule has 4 rings (SSSR count). The Bertz CT molecular complexity index is 762. The largest absolute Gasteiger partial charge is 0.463 e. The standard InChI is InChI=1S/C17H17N3O2/c18-7-13-10-22-16-6-12(1-2-15(13)16)17(21)19-14-5-11-3-4-20(8-11)9-14/h1-2,6,10-11,14H,3-5,8-9H2,(H,19,21)/t11-,14-/m1/s1. The van der Waals surface area contributed by atoms with Gasteiger partial charge in [0.15, 0.2) is 0 Å². The number of nitriles is 1. The van der Waals surface area contributed by atoms with Gasteiger partial charge in [-0.1, -0.05) is 0 Å². The van der Waals surface area contributed by atoms with E-state index in [2.05, 4.69) is 16.3 Å². The minimum atomic E-state index is -0.0655. The van der Waals surface area contributed by atoms with Crippen molar-refractivity contribution >= 4 is 16.9 Å². The summed E-state index contributed by atoms with van der Waals surface area (Å²) in [6.45, 7) is 3.29. The number of benzene rings is 1. The molecule has 1 amide bonds. The first-order valence-corrected chi connectivity index (χ1v) is 7.67. The van der Waals surface area contributed by atoms with E-state index in [9.17, 15) is 4.79 Å². The second-order valence-corrected chi connectivity index (χ2v) is 6.29. The minimum Gasteiger partial charge on any atom is -0.463 e. The zero-order valence-corrected chi connectivity index (χ0v) is 12.2. The van der Waals surface area contributed by atoms with E-state index >= 15 is 0 Å². The molecule has 1 aromatic heterocycles. The van der Waals surface area contributed by atoms with Crippen LogP contribution in [0.3, 0.4) is 0 Å². The number of rotatable bonds is 2. The second-order valence-electron chi connectivity index (χ2n) is 6.29. The molecule has 1 unspecified atom stereocenters. The Morgan fingerprint density at radius 1 is 1.41 bits per heavy atom. The first-order chi connectivity index (χ1) is 10.7. The van der Waals surface area contributed by atoms with Gasteiger partial charge in [-0.15, -0.1) is 0 Å². The molecule has 3 heterocycles. The molecule has 1 aromatic carbocycles. The van der Waals surface area contributed by atoms with Crippen molar-refractivity contribution in [1.82, 2.24) is 10.2 Å². The van der Waals surface area contributed by atoms with Crippen molar-refractivity contribution in [2.75, 3.05) is 19.6 Å². The lowest BCUT2D eigenvalue weighted by molar-refractivity contribution is 0.0909. The van der Waals surface area contributed by atoms with E-state index < -0.39 is 0 Å². The van der Waals surface area contributed by atoms with E-state index in [-0.39, 0.29) is 11.9 Å². The summed E-state index contributed by atoms with van der Waals surface area (Å²) in [6, 6.07) is 7.56. The van der Waals surface area contributed by atoms with Crippen molar-refractivity contribution < 1.29 is 9.21 Å². The summed E-state index contributed by atoms with van der Waals surface area (Å²) < 4.78 is 5.35. The summed E-state index contributed by atoms with van der Waals surface area (Å²) >= 11 is 0. The first-order valence-electron chi connectivity index (χ1n) is 7.67. The van der Waals surface area contributed by atoms with Crippen LogP contribution >= 0.6 is 0 Å². The van der Waals surface area contributed by atoms with E-state index in [1.165, 1.54) is 19.2 Å². The summed E-state index contributed by atoms with van der Waals surface area (Å²) in [7, 11) is 0. The quantitative estimate of drug-likeness (QED) is 0.921. The molecule has 5 heteroatoms. The molecule has 2 aliphatic heterocycles. The summed E-state index contributed by atoms with van der Waals surface area (Å²) in [6.07, 6.45) is 3.75. The molecule has 2 fully saturated rings. The Kier molecular flexibility index (Phi) is 3.12. The molecule has 0 saturated carbocycles. The molecule has 0 aliphatic carbocycles. The molecule has 0 spiro atoms. The molecule has 2 aliphatic rings. The SMILES string of the molecule is N#Cc1coc2cc(C(=O)N[C@@H]3C[C@H]4CCN(C4)C3)ccc12. The van der Waals surface area contributed by atoms with E-state index in [0.29, 0.717) is 16.7 Å². The van der Waals surface area contributed by atoms with Crippen LogP contribution in [0, 0.1) is 17.2 Å². The lowest BCUT2D eigenvalue weighted by Crippen LogP contribution is -2.47. The highest BCUT2D eigenvalue weighted by molar-refractivity contribution is 5.98. The average molecular weight is 295 g/mol. The fraction of sp³-hybridized carbons (Fsp3) is 0.412. The number of fused-ring (bicyclic) bond motifs is 3. The van der Waals surface area contributed by atoms with Crippen molar-refractivity contribution in [1.29, 1.82) is 5.26 Å². The smallest absolute Gasteiger partial charge is 0.251 e. The van der Waals surface area contributed by atoms with E-state index in [4.69, 9.17) is 9.68 Å². The van der Waals surface area contributed by atoms with Gasteiger partial charge in [-0.3, -0.25) is 4.79 Å². The van der Waals surface area contributed by atoms with Crippen molar-refractivity contribution in [3.63, 3.8) is 0 Å². The monoisotopic (exact) mass is 295 g/mol. The molecule has 22 heavy (non-hydrogen) atoms. The van der Waals surface area contributed by atoms with Crippen LogP contribution in [0.2, 0.25) is 0 Å². The van der Waals surface area contributed by atoms with Gasteiger partial charge in [-0.05, 0) is 43.5 Å². The maximum atomic E-state index is 12.4. The molecule has 0 radical (unpaired) electrons. The third kappa shape index (κ3) is 2.26. The number of carbonyl (C=O) groups is 1. The lowest BCUT2D eigenvalue weighted by Gasteiger charge is -2.30. The average Bonchev–Trinajstić information content (AvgIpc) is 3.09. The first kappa shape index (κ1) is 13.4. The molecule has 5 nitrogen and oxygen atoms in total. The van der Waals surface area contributed by atoms with Crippen LogP contribution in [0.1, 0.15) is 28.8 Å². The number of piperidine rings is 1. The van der Waals surface area contributed by atoms with E-state index in [1.807, 2.05) is 0 Å². The number of furan rings is 1. The Morgan fingerprint density at radius 2 is 2.32 bits per heavy atom. The van der Waals surface area contributed by atoms with Gasteiger partial charge in [-0.25, -0.2) is 0 Å². The van der Waals surface area contributed by atoms with E-state index in [1.54, 1.807) is 18.2 Å². The minimum absolute atomic E-state index is 0.0655. The van der Waals surface area contributed by atoms with Gasteiger partial charge >= 0.3 is 0 Å². The van der Waals surface area contributed by atoms with Gasteiger partial charge in [-0.2, -0.15) is 5.26 Å². The Hall–Kier alpha value is -2.32. The predicted octanol–water partition coefficient (Wildman–Crippen LogP) is 2.13. The van der Waals surface area contributed by atoms with Crippen molar-refractivity contribution in [2.45, 2.75) is 18.9 Å². The molecule has 2 bridgehead atoms. The Balaban J connectivity index is 1.52. The fourth-order valence-corrected chi connectivity index (χ4v) is 3.69. The van der Waals surface area contributed by atoms with Crippen LogP contribution < -0.4 is 5.32 Å². The van der Waals surface area contributed by atoms with Gasteiger partial charge in [0.1, 0.15) is 17.9 Å². The zero-order valence-electron chi connectivity index (χ0n) is 12.2. The lowest BCUT2D eigenvalue weighted by atomic mass is 9.96. The normalized spacial score (nSPS) is 26.8. The highest BCUT2D eigenvalue weighted by Crippen LogP contribution is 2.27. The summed E-state index contributed by atoms with van der Waals surface area (Å²) in [5.74, 6) is 0.661. The van der Waals surface area contributed by atoms with Gasteiger partial charge in [0.25, 0.3) is 5.91 Å². The second kappa shape index (κ2) is 5.15. The van der Waals surface area contributed by atoms with Gasteiger partial charge in [0, 0.05) is 30.1 Å². The number of nitrogens with one attached hydrogen (secondary N) is 1. The van der Waals surface area contributed by atoms with Crippen LogP contribution in [-0.4, -0.2) is 36.5 Å². The summed E-state index contributed by atoms with van der Waals surface area (Å²) in [5.41, 5.74) is 1.66. The van der Waals surface area contributed by atoms with Gasteiger partial charge < -0.3 is 14.6 Å². The number of hydrogen-bond donors (Lipinski definition) is 1. The maximum Gasteiger partial charge on any atom is 0.251 e. The fourth-order valence-electron chi connectivity index (χ4n) is 3.69. The van der Waals surface area contributed by atoms with Crippen molar-refractivity contribution in [3.8, 4) is 6.07 Å². The van der Waals surface area contributed by atoms with Gasteiger partial charge in [0.05, 0.1) is 5.56 Å². The van der Waals surface area contributed by atoms with Crippen LogP contribution in [0.15, 0.2) is 28.9 Å². The highest BCUT2D eigenvalue weighted by atomic mass is 16.3. The molecule has 3 atom stereocenters.